The van der Waals surface area contributed by atoms with Crippen molar-refractivity contribution in [2.75, 3.05) is 14.1 Å². The molecule has 7 heteroatoms. The first-order chi connectivity index (χ1) is 9.90. The molecular weight excluding hydrogens is 292 g/mol. The van der Waals surface area contributed by atoms with Gasteiger partial charge < -0.3 is 14.1 Å². The number of rotatable bonds is 4. The summed E-state index contributed by atoms with van der Waals surface area (Å²) in [6.07, 6.45) is -0.867. The number of aromatic nitrogens is 1. The first kappa shape index (κ1) is 15.2. The third kappa shape index (κ3) is 3.30. The number of hydrogen-bond donors (Lipinski definition) is 0. The van der Waals surface area contributed by atoms with E-state index in [2.05, 4.69) is 4.98 Å². The van der Waals surface area contributed by atoms with Crippen LogP contribution in [-0.2, 0) is 9.53 Å². The zero-order chi connectivity index (χ0) is 15.6. The number of thiophene rings is 1. The van der Waals surface area contributed by atoms with Gasteiger partial charge in [-0.1, -0.05) is 6.07 Å². The smallest absolute Gasteiger partial charge is 0.361 e. The Hall–Kier alpha value is -2.15. The van der Waals surface area contributed by atoms with Gasteiger partial charge >= 0.3 is 5.97 Å². The van der Waals surface area contributed by atoms with Gasteiger partial charge in [-0.25, -0.2) is 9.78 Å². The van der Waals surface area contributed by atoms with Crippen LogP contribution in [0.5, 0.6) is 0 Å². The Bertz CT molecular complexity index is 646. The number of hydrogen-bond acceptors (Lipinski definition) is 6. The predicted octanol–water partition coefficient (Wildman–Crippen LogP) is 2.35. The lowest BCUT2D eigenvalue weighted by atomic mass is 10.3. The Morgan fingerprint density at radius 3 is 2.71 bits per heavy atom. The number of oxazole rings is 1. The van der Waals surface area contributed by atoms with Gasteiger partial charge in [0.2, 0.25) is 5.89 Å². The Kier molecular flexibility index (Phi) is 4.42. The van der Waals surface area contributed by atoms with E-state index in [-0.39, 0.29) is 11.6 Å². The van der Waals surface area contributed by atoms with Crippen LogP contribution < -0.4 is 0 Å². The number of likely N-dealkylation sites (N-methyl/N-ethyl adjacent to an activating group) is 1. The van der Waals surface area contributed by atoms with Gasteiger partial charge in [0, 0.05) is 14.1 Å². The number of esters is 1. The van der Waals surface area contributed by atoms with Gasteiger partial charge in [0.1, 0.15) is 5.76 Å². The SMILES string of the molecule is Cc1oc(-c2cccs2)nc1C(=O)OC(C)C(=O)N(C)C. The van der Waals surface area contributed by atoms with Gasteiger partial charge in [-0.3, -0.25) is 4.79 Å². The van der Waals surface area contributed by atoms with Crippen LogP contribution in [0.15, 0.2) is 21.9 Å². The Balaban J connectivity index is 2.15. The summed E-state index contributed by atoms with van der Waals surface area (Å²) in [6, 6.07) is 3.72. The average molecular weight is 308 g/mol. The van der Waals surface area contributed by atoms with Gasteiger partial charge in [0.05, 0.1) is 4.88 Å². The quantitative estimate of drug-likeness (QED) is 0.811. The average Bonchev–Trinajstić information content (AvgIpc) is 3.06. The summed E-state index contributed by atoms with van der Waals surface area (Å²) >= 11 is 1.46. The van der Waals surface area contributed by atoms with Crippen molar-refractivity contribution in [3.05, 3.63) is 29.0 Å². The predicted molar refractivity (Wildman–Crippen MR) is 78.1 cm³/mol. The topological polar surface area (TPSA) is 72.6 Å². The highest BCUT2D eigenvalue weighted by Crippen LogP contribution is 2.26. The molecule has 1 amide bonds. The summed E-state index contributed by atoms with van der Waals surface area (Å²) < 4.78 is 10.6. The lowest BCUT2D eigenvalue weighted by molar-refractivity contribution is -0.137. The van der Waals surface area contributed by atoms with E-state index in [1.807, 2.05) is 17.5 Å². The minimum Gasteiger partial charge on any atom is -0.448 e. The maximum Gasteiger partial charge on any atom is 0.361 e. The summed E-state index contributed by atoms with van der Waals surface area (Å²) in [5.74, 6) is -0.210. The van der Waals surface area contributed by atoms with E-state index in [4.69, 9.17) is 9.15 Å². The zero-order valence-electron chi connectivity index (χ0n) is 12.2. The Labute approximate surface area is 126 Å². The minimum absolute atomic E-state index is 0.0943. The molecule has 0 aliphatic rings. The van der Waals surface area contributed by atoms with Crippen molar-refractivity contribution in [1.29, 1.82) is 0 Å². The second-order valence-corrected chi connectivity index (χ2v) is 5.63. The number of nitrogens with zero attached hydrogens (tertiary/aromatic N) is 2. The van der Waals surface area contributed by atoms with Crippen LogP contribution in [0.2, 0.25) is 0 Å². The third-order valence-electron chi connectivity index (χ3n) is 2.79. The highest BCUT2D eigenvalue weighted by molar-refractivity contribution is 7.13. The monoisotopic (exact) mass is 308 g/mol. The van der Waals surface area contributed by atoms with Crippen molar-refractivity contribution in [2.24, 2.45) is 0 Å². The molecule has 6 nitrogen and oxygen atoms in total. The molecule has 112 valence electrons. The second-order valence-electron chi connectivity index (χ2n) is 4.68. The van der Waals surface area contributed by atoms with Gasteiger partial charge in [-0.2, -0.15) is 0 Å². The summed E-state index contributed by atoms with van der Waals surface area (Å²) in [5, 5.41) is 1.89. The van der Waals surface area contributed by atoms with Crippen LogP contribution in [0.25, 0.3) is 10.8 Å². The molecule has 0 saturated carbocycles. The molecule has 0 spiro atoms. The molecular formula is C14H16N2O4S. The van der Waals surface area contributed by atoms with E-state index in [9.17, 15) is 9.59 Å². The highest BCUT2D eigenvalue weighted by atomic mass is 32.1. The molecule has 0 bridgehead atoms. The molecule has 0 fully saturated rings. The highest BCUT2D eigenvalue weighted by Gasteiger charge is 2.25. The van der Waals surface area contributed by atoms with Crippen molar-refractivity contribution in [3.8, 4) is 10.8 Å². The van der Waals surface area contributed by atoms with Crippen molar-refractivity contribution in [1.82, 2.24) is 9.88 Å². The normalized spacial score (nSPS) is 12.0. The maximum absolute atomic E-state index is 12.1. The van der Waals surface area contributed by atoms with Gasteiger partial charge in [-0.05, 0) is 25.3 Å². The van der Waals surface area contributed by atoms with Crippen molar-refractivity contribution < 1.29 is 18.7 Å². The molecule has 0 aliphatic carbocycles. The fraction of sp³-hybridized carbons (Fsp3) is 0.357. The Morgan fingerprint density at radius 2 is 2.14 bits per heavy atom. The van der Waals surface area contributed by atoms with Gasteiger partial charge in [0.15, 0.2) is 11.8 Å². The van der Waals surface area contributed by atoms with E-state index >= 15 is 0 Å². The third-order valence-corrected chi connectivity index (χ3v) is 3.65. The lowest BCUT2D eigenvalue weighted by Crippen LogP contribution is -2.35. The van der Waals surface area contributed by atoms with E-state index in [1.54, 1.807) is 21.0 Å². The molecule has 0 radical (unpaired) electrons. The summed E-state index contributed by atoms with van der Waals surface area (Å²) in [7, 11) is 3.20. The summed E-state index contributed by atoms with van der Waals surface area (Å²) in [4.78, 5) is 30.1. The lowest BCUT2D eigenvalue weighted by Gasteiger charge is -2.16. The number of aryl methyl sites for hydroxylation is 1. The van der Waals surface area contributed by atoms with Crippen molar-refractivity contribution in [2.45, 2.75) is 20.0 Å². The van der Waals surface area contributed by atoms with Crippen LogP contribution in [0.3, 0.4) is 0 Å². The van der Waals surface area contributed by atoms with Crippen molar-refractivity contribution in [3.63, 3.8) is 0 Å². The molecule has 2 rings (SSSR count). The molecule has 1 atom stereocenters. The van der Waals surface area contributed by atoms with Crippen LogP contribution in [-0.4, -0.2) is 42.0 Å². The molecule has 2 heterocycles. The number of carbonyl (C=O) groups excluding carboxylic acids is 2. The van der Waals surface area contributed by atoms with E-state index in [0.29, 0.717) is 11.7 Å². The molecule has 0 N–H and O–H groups in total. The first-order valence-electron chi connectivity index (χ1n) is 6.33. The summed E-state index contributed by atoms with van der Waals surface area (Å²) in [5.41, 5.74) is 0.0943. The van der Waals surface area contributed by atoms with Crippen LogP contribution in [0.4, 0.5) is 0 Å². The molecule has 0 aliphatic heterocycles. The van der Waals surface area contributed by atoms with Gasteiger partial charge in [-0.15, -0.1) is 11.3 Å². The fourth-order valence-corrected chi connectivity index (χ4v) is 2.37. The largest absolute Gasteiger partial charge is 0.448 e. The van der Waals surface area contributed by atoms with Crippen molar-refractivity contribution >= 4 is 23.2 Å². The van der Waals surface area contributed by atoms with E-state index < -0.39 is 12.1 Å². The van der Waals surface area contributed by atoms with Crippen LogP contribution >= 0.6 is 11.3 Å². The fourth-order valence-electron chi connectivity index (χ4n) is 1.72. The van der Waals surface area contributed by atoms with Crippen LogP contribution in [0, 0.1) is 6.92 Å². The molecule has 0 aromatic carbocycles. The van der Waals surface area contributed by atoms with Gasteiger partial charge in [0.25, 0.3) is 5.91 Å². The number of amides is 1. The number of ether oxygens (including phenoxy) is 1. The molecule has 2 aromatic rings. The summed E-state index contributed by atoms with van der Waals surface area (Å²) in [6.45, 7) is 3.16. The van der Waals surface area contributed by atoms with E-state index in [0.717, 1.165) is 4.88 Å². The molecule has 0 saturated heterocycles. The number of carbonyl (C=O) groups is 2. The first-order valence-corrected chi connectivity index (χ1v) is 7.21. The van der Waals surface area contributed by atoms with Crippen LogP contribution in [0.1, 0.15) is 23.2 Å². The molecule has 1 unspecified atom stereocenters. The Morgan fingerprint density at radius 1 is 1.43 bits per heavy atom. The molecule has 2 aromatic heterocycles. The minimum atomic E-state index is -0.867. The maximum atomic E-state index is 12.1. The van der Waals surface area contributed by atoms with E-state index in [1.165, 1.54) is 23.2 Å². The zero-order valence-corrected chi connectivity index (χ0v) is 13.1. The standard InChI is InChI=1S/C14H16N2O4S/c1-8-11(14(18)20-9(2)13(17)16(3)4)15-12(19-8)10-6-5-7-21-10/h5-7,9H,1-4H3. The second kappa shape index (κ2) is 6.09. The molecule has 21 heavy (non-hydrogen) atoms.